The molecule has 1 aliphatic heterocycles. The highest BCUT2D eigenvalue weighted by molar-refractivity contribution is 5.68. The first-order valence-corrected chi connectivity index (χ1v) is 8.08. The first-order valence-electron chi connectivity index (χ1n) is 8.08. The Labute approximate surface area is 123 Å². The molecule has 1 aliphatic carbocycles. The van der Waals surface area contributed by atoms with E-state index in [0.717, 1.165) is 25.9 Å². The fourth-order valence-corrected chi connectivity index (χ4v) is 3.58. The van der Waals surface area contributed by atoms with Crippen LogP contribution in [0.15, 0.2) is 0 Å². The molecule has 0 spiro atoms. The van der Waals surface area contributed by atoms with E-state index in [1.54, 1.807) is 0 Å². The zero-order valence-electron chi connectivity index (χ0n) is 13.2. The molecule has 2 fully saturated rings. The number of hydrogen-bond acceptors (Lipinski definition) is 3. The fourth-order valence-electron chi connectivity index (χ4n) is 3.58. The molecule has 3 atom stereocenters. The summed E-state index contributed by atoms with van der Waals surface area (Å²) in [5.74, 6) is 1.31. The molecule has 4 nitrogen and oxygen atoms in total. The Balaban J connectivity index is 1.89. The Morgan fingerprint density at radius 2 is 1.85 bits per heavy atom. The van der Waals surface area contributed by atoms with Crippen molar-refractivity contribution in [3.8, 4) is 0 Å². The van der Waals surface area contributed by atoms with Crippen molar-refractivity contribution in [3.05, 3.63) is 0 Å². The molecule has 2 aliphatic rings. The maximum atomic E-state index is 12.2. The lowest BCUT2D eigenvalue weighted by Crippen LogP contribution is -2.45. The van der Waals surface area contributed by atoms with Crippen molar-refractivity contribution in [3.63, 3.8) is 0 Å². The summed E-state index contributed by atoms with van der Waals surface area (Å²) >= 11 is 0. The van der Waals surface area contributed by atoms with Crippen molar-refractivity contribution in [2.75, 3.05) is 13.1 Å². The van der Waals surface area contributed by atoms with Gasteiger partial charge in [-0.1, -0.05) is 12.8 Å². The average molecular weight is 282 g/mol. The van der Waals surface area contributed by atoms with E-state index in [9.17, 15) is 4.79 Å². The van der Waals surface area contributed by atoms with Crippen LogP contribution in [0.1, 0.15) is 59.3 Å². The highest BCUT2D eigenvalue weighted by atomic mass is 16.6. The second kappa shape index (κ2) is 6.33. The molecular formula is C16H30N2O2. The number of carbonyl (C=O) groups is 1. The average Bonchev–Trinajstić information content (AvgIpc) is 2.37. The number of carbonyl (C=O) groups excluding carboxylic acids is 1. The lowest BCUT2D eigenvalue weighted by Gasteiger charge is -2.40. The molecule has 116 valence electrons. The summed E-state index contributed by atoms with van der Waals surface area (Å²) in [5.41, 5.74) is 5.70. The number of likely N-dealkylation sites (tertiary alicyclic amines) is 1. The fraction of sp³-hybridized carbons (Fsp3) is 0.938. The summed E-state index contributed by atoms with van der Waals surface area (Å²) in [6.07, 6.45) is 7.00. The molecule has 0 radical (unpaired) electrons. The number of ether oxygens (including phenoxy) is 1. The van der Waals surface area contributed by atoms with Crippen molar-refractivity contribution in [2.45, 2.75) is 70.9 Å². The van der Waals surface area contributed by atoms with Gasteiger partial charge in [-0.15, -0.1) is 0 Å². The van der Waals surface area contributed by atoms with Crippen LogP contribution in [-0.4, -0.2) is 35.7 Å². The third-order valence-corrected chi connectivity index (χ3v) is 4.53. The van der Waals surface area contributed by atoms with Crippen molar-refractivity contribution in [1.82, 2.24) is 4.90 Å². The largest absolute Gasteiger partial charge is 0.444 e. The van der Waals surface area contributed by atoms with Crippen LogP contribution in [0.4, 0.5) is 4.79 Å². The quantitative estimate of drug-likeness (QED) is 0.803. The highest BCUT2D eigenvalue weighted by Gasteiger charge is 2.33. The molecule has 0 aromatic carbocycles. The molecule has 20 heavy (non-hydrogen) atoms. The van der Waals surface area contributed by atoms with E-state index in [2.05, 4.69) is 0 Å². The molecule has 0 aromatic heterocycles. The molecule has 0 bridgehead atoms. The third-order valence-electron chi connectivity index (χ3n) is 4.53. The van der Waals surface area contributed by atoms with Crippen LogP contribution >= 0.6 is 0 Å². The first-order chi connectivity index (χ1) is 9.35. The third kappa shape index (κ3) is 4.37. The van der Waals surface area contributed by atoms with Crippen LogP contribution in [0.3, 0.4) is 0 Å². The summed E-state index contributed by atoms with van der Waals surface area (Å²) in [7, 11) is 0. The van der Waals surface area contributed by atoms with E-state index in [0.29, 0.717) is 17.9 Å². The molecule has 4 heteroatoms. The van der Waals surface area contributed by atoms with Crippen LogP contribution < -0.4 is 5.73 Å². The van der Waals surface area contributed by atoms with Crippen LogP contribution in [0, 0.1) is 11.8 Å². The van der Waals surface area contributed by atoms with Gasteiger partial charge in [0.25, 0.3) is 0 Å². The second-order valence-corrected chi connectivity index (χ2v) is 7.52. The second-order valence-electron chi connectivity index (χ2n) is 7.52. The molecule has 0 unspecified atom stereocenters. The highest BCUT2D eigenvalue weighted by Crippen LogP contribution is 2.34. The van der Waals surface area contributed by atoms with Crippen LogP contribution in [0.25, 0.3) is 0 Å². The molecule has 0 aromatic rings. The van der Waals surface area contributed by atoms with Gasteiger partial charge < -0.3 is 15.4 Å². The summed E-state index contributed by atoms with van der Waals surface area (Å²) in [4.78, 5) is 14.1. The Morgan fingerprint density at radius 1 is 1.15 bits per heavy atom. The maximum Gasteiger partial charge on any atom is 0.410 e. The Kier molecular flexibility index (Phi) is 4.95. The van der Waals surface area contributed by atoms with E-state index < -0.39 is 5.60 Å². The lowest BCUT2D eigenvalue weighted by molar-refractivity contribution is 0.0111. The Morgan fingerprint density at radius 3 is 2.50 bits per heavy atom. The van der Waals surface area contributed by atoms with Gasteiger partial charge in [-0.25, -0.2) is 4.79 Å². The Bertz CT molecular complexity index is 338. The molecule has 1 heterocycles. The van der Waals surface area contributed by atoms with Gasteiger partial charge >= 0.3 is 6.09 Å². The lowest BCUT2D eigenvalue weighted by atomic mass is 9.75. The number of amides is 1. The summed E-state index contributed by atoms with van der Waals surface area (Å²) in [6.45, 7) is 7.46. The minimum Gasteiger partial charge on any atom is -0.444 e. The molecule has 1 saturated carbocycles. The van der Waals surface area contributed by atoms with Crippen LogP contribution in [0.5, 0.6) is 0 Å². The van der Waals surface area contributed by atoms with E-state index >= 15 is 0 Å². The van der Waals surface area contributed by atoms with Gasteiger partial charge in [0.05, 0.1) is 0 Å². The number of piperidine rings is 1. The zero-order valence-corrected chi connectivity index (χ0v) is 13.2. The smallest absolute Gasteiger partial charge is 0.410 e. The summed E-state index contributed by atoms with van der Waals surface area (Å²) in [5, 5.41) is 0. The molecule has 1 saturated heterocycles. The zero-order chi connectivity index (χ0) is 14.8. The van der Waals surface area contributed by atoms with Crippen LogP contribution in [0.2, 0.25) is 0 Å². The van der Waals surface area contributed by atoms with Crippen molar-refractivity contribution >= 4 is 6.09 Å². The summed E-state index contributed by atoms with van der Waals surface area (Å²) in [6, 6.07) is 0.366. The molecular weight excluding hydrogens is 252 g/mol. The molecule has 1 amide bonds. The predicted octanol–water partition coefficient (Wildman–Crippen LogP) is 3.15. The van der Waals surface area contributed by atoms with Gasteiger partial charge in [0.1, 0.15) is 5.60 Å². The van der Waals surface area contributed by atoms with E-state index in [1.807, 2.05) is 25.7 Å². The van der Waals surface area contributed by atoms with Crippen LogP contribution in [-0.2, 0) is 4.74 Å². The minimum absolute atomic E-state index is 0.151. The van der Waals surface area contributed by atoms with Gasteiger partial charge in [0.2, 0.25) is 0 Å². The monoisotopic (exact) mass is 282 g/mol. The number of rotatable bonds is 1. The first kappa shape index (κ1) is 15.6. The standard InChI is InChI=1S/C16H30N2O2/c1-16(2,3)20-15(19)18-9-5-7-13(11-18)12-6-4-8-14(17)10-12/h12-14H,4-11,17H2,1-3H3/t12-,13-,14+/m0/s1. The topological polar surface area (TPSA) is 55.6 Å². The van der Waals surface area contributed by atoms with Gasteiger partial charge in [0.15, 0.2) is 0 Å². The van der Waals surface area contributed by atoms with Crippen molar-refractivity contribution in [2.24, 2.45) is 17.6 Å². The number of nitrogens with zero attached hydrogens (tertiary/aromatic N) is 1. The molecule has 2 rings (SSSR count). The van der Waals surface area contributed by atoms with Gasteiger partial charge in [-0.3, -0.25) is 0 Å². The minimum atomic E-state index is -0.406. The normalized spacial score (nSPS) is 32.0. The maximum absolute atomic E-state index is 12.2. The van der Waals surface area contributed by atoms with Gasteiger partial charge in [-0.2, -0.15) is 0 Å². The number of hydrogen-bond donors (Lipinski definition) is 1. The van der Waals surface area contributed by atoms with Crippen molar-refractivity contribution < 1.29 is 9.53 Å². The van der Waals surface area contributed by atoms with Gasteiger partial charge in [-0.05, 0) is 58.3 Å². The van der Waals surface area contributed by atoms with E-state index in [-0.39, 0.29) is 6.09 Å². The Hall–Kier alpha value is -0.770. The van der Waals surface area contributed by atoms with Crippen molar-refractivity contribution in [1.29, 1.82) is 0 Å². The van der Waals surface area contributed by atoms with E-state index in [1.165, 1.54) is 25.7 Å². The summed E-state index contributed by atoms with van der Waals surface area (Å²) < 4.78 is 5.50. The van der Waals surface area contributed by atoms with E-state index in [4.69, 9.17) is 10.5 Å². The molecule has 2 N–H and O–H groups in total. The number of nitrogens with two attached hydrogens (primary N) is 1. The SMILES string of the molecule is CC(C)(C)OC(=O)N1CCC[C@H]([C@H]2CCC[C@@H](N)C2)C1. The van der Waals surface area contributed by atoms with Gasteiger partial charge in [0, 0.05) is 19.1 Å². The predicted molar refractivity (Wildman–Crippen MR) is 80.5 cm³/mol.